The van der Waals surface area contributed by atoms with E-state index in [-0.39, 0.29) is 0 Å². The van der Waals surface area contributed by atoms with Gasteiger partial charge < -0.3 is 5.84 Å². The van der Waals surface area contributed by atoms with Crippen LogP contribution in [-0.2, 0) is 0 Å². The SMILES string of the molecule is CC(=NN)C1=NCCC=N1. The molecule has 10 heavy (non-hydrogen) atoms. The van der Waals surface area contributed by atoms with Crippen molar-refractivity contribution in [2.45, 2.75) is 13.3 Å². The number of aliphatic imine (C=N–C) groups is 2. The Hall–Kier alpha value is -1.19. The van der Waals surface area contributed by atoms with Gasteiger partial charge in [-0.25, -0.2) is 4.99 Å². The summed E-state index contributed by atoms with van der Waals surface area (Å²) in [5, 5.41) is 3.48. The summed E-state index contributed by atoms with van der Waals surface area (Å²) in [5.41, 5.74) is 0.691. The zero-order valence-electron chi connectivity index (χ0n) is 5.91. The summed E-state index contributed by atoms with van der Waals surface area (Å²) in [4.78, 5) is 8.12. The smallest absolute Gasteiger partial charge is 0.170 e. The molecule has 4 nitrogen and oxygen atoms in total. The Labute approximate surface area is 59.6 Å². The first-order chi connectivity index (χ1) is 4.84. The summed E-state index contributed by atoms with van der Waals surface area (Å²) in [7, 11) is 0. The van der Waals surface area contributed by atoms with Crippen molar-refractivity contribution in [3.63, 3.8) is 0 Å². The highest BCUT2D eigenvalue weighted by Gasteiger charge is 2.02. The monoisotopic (exact) mass is 138 g/mol. The maximum Gasteiger partial charge on any atom is 0.170 e. The molecule has 1 aliphatic rings. The third-order valence-electron chi connectivity index (χ3n) is 1.25. The number of rotatable bonds is 1. The van der Waals surface area contributed by atoms with E-state index in [1.54, 1.807) is 6.92 Å². The van der Waals surface area contributed by atoms with Gasteiger partial charge in [-0.05, 0) is 6.92 Å². The number of amidine groups is 1. The van der Waals surface area contributed by atoms with E-state index in [9.17, 15) is 0 Å². The van der Waals surface area contributed by atoms with Gasteiger partial charge in [0.1, 0.15) is 5.71 Å². The quantitative estimate of drug-likeness (QED) is 0.314. The van der Waals surface area contributed by atoms with E-state index in [2.05, 4.69) is 15.1 Å². The molecule has 0 saturated carbocycles. The number of nitrogens with zero attached hydrogens (tertiary/aromatic N) is 3. The molecule has 2 N–H and O–H groups in total. The molecule has 0 aromatic rings. The van der Waals surface area contributed by atoms with Crippen LogP contribution in [0.15, 0.2) is 15.1 Å². The summed E-state index contributed by atoms with van der Waals surface area (Å²) >= 11 is 0. The van der Waals surface area contributed by atoms with Crippen molar-refractivity contribution < 1.29 is 0 Å². The van der Waals surface area contributed by atoms with Gasteiger partial charge in [0.25, 0.3) is 0 Å². The Morgan fingerprint density at radius 2 is 2.60 bits per heavy atom. The Balaban J connectivity index is 2.72. The van der Waals surface area contributed by atoms with Crippen LogP contribution in [0.25, 0.3) is 0 Å². The van der Waals surface area contributed by atoms with Gasteiger partial charge >= 0.3 is 0 Å². The van der Waals surface area contributed by atoms with Crippen molar-refractivity contribution >= 4 is 17.8 Å². The molecular formula is C6H10N4. The fourth-order valence-electron chi connectivity index (χ4n) is 0.686. The predicted octanol–water partition coefficient (Wildman–Crippen LogP) is 0.194. The number of hydrogen-bond donors (Lipinski definition) is 1. The molecule has 0 radical (unpaired) electrons. The highest BCUT2D eigenvalue weighted by molar-refractivity contribution is 6.42. The van der Waals surface area contributed by atoms with Gasteiger partial charge in [-0.15, -0.1) is 0 Å². The van der Waals surface area contributed by atoms with E-state index in [1.165, 1.54) is 0 Å². The van der Waals surface area contributed by atoms with Gasteiger partial charge in [0.15, 0.2) is 5.84 Å². The van der Waals surface area contributed by atoms with Crippen molar-refractivity contribution in [3.8, 4) is 0 Å². The Morgan fingerprint density at radius 1 is 1.80 bits per heavy atom. The second kappa shape index (κ2) is 3.10. The first-order valence-electron chi connectivity index (χ1n) is 3.16. The van der Waals surface area contributed by atoms with E-state index in [0.717, 1.165) is 13.0 Å². The molecule has 1 heterocycles. The van der Waals surface area contributed by atoms with Crippen LogP contribution in [0, 0.1) is 0 Å². The van der Waals surface area contributed by atoms with E-state index in [0.29, 0.717) is 11.5 Å². The lowest BCUT2D eigenvalue weighted by Gasteiger charge is -2.02. The molecule has 0 saturated heterocycles. The minimum absolute atomic E-state index is 0.661. The lowest BCUT2D eigenvalue weighted by Crippen LogP contribution is -2.13. The average molecular weight is 138 g/mol. The van der Waals surface area contributed by atoms with E-state index in [1.807, 2.05) is 6.21 Å². The molecular weight excluding hydrogens is 128 g/mol. The molecule has 0 spiro atoms. The van der Waals surface area contributed by atoms with Crippen LogP contribution in [0.4, 0.5) is 0 Å². The Bertz CT molecular complexity index is 202. The van der Waals surface area contributed by atoms with Crippen molar-refractivity contribution in [2.24, 2.45) is 20.9 Å². The van der Waals surface area contributed by atoms with Gasteiger partial charge in [0, 0.05) is 19.2 Å². The van der Waals surface area contributed by atoms with Crippen LogP contribution in [0.5, 0.6) is 0 Å². The topological polar surface area (TPSA) is 63.1 Å². The molecule has 0 fully saturated rings. The Kier molecular flexibility index (Phi) is 2.15. The zero-order chi connectivity index (χ0) is 7.40. The normalized spacial score (nSPS) is 18.9. The Morgan fingerprint density at radius 3 is 3.10 bits per heavy atom. The maximum atomic E-state index is 5.04. The first-order valence-corrected chi connectivity index (χ1v) is 3.16. The van der Waals surface area contributed by atoms with Gasteiger partial charge in [-0.3, -0.25) is 4.99 Å². The number of hydrogen-bond acceptors (Lipinski definition) is 4. The highest BCUT2D eigenvalue weighted by atomic mass is 15.1. The molecule has 0 aliphatic carbocycles. The molecule has 0 atom stereocenters. The largest absolute Gasteiger partial charge is 0.323 e. The number of hydrazone groups is 1. The molecule has 1 rings (SSSR count). The summed E-state index contributed by atoms with van der Waals surface area (Å²) in [6, 6.07) is 0. The summed E-state index contributed by atoms with van der Waals surface area (Å²) in [6.07, 6.45) is 2.75. The molecule has 0 amide bonds. The maximum absolute atomic E-state index is 5.04. The van der Waals surface area contributed by atoms with Crippen LogP contribution in [0.3, 0.4) is 0 Å². The van der Waals surface area contributed by atoms with Crippen LogP contribution in [0.2, 0.25) is 0 Å². The summed E-state index contributed by atoms with van der Waals surface area (Å²) in [6.45, 7) is 2.59. The van der Waals surface area contributed by atoms with E-state index in [4.69, 9.17) is 5.84 Å². The third kappa shape index (κ3) is 1.40. The van der Waals surface area contributed by atoms with Gasteiger partial charge in [-0.2, -0.15) is 5.10 Å². The number of nitrogens with two attached hydrogens (primary N) is 1. The first kappa shape index (κ1) is 6.92. The van der Waals surface area contributed by atoms with Gasteiger partial charge in [0.2, 0.25) is 0 Å². The van der Waals surface area contributed by atoms with Gasteiger partial charge in [0.05, 0.1) is 0 Å². The standard InChI is InChI=1S/C6H10N4/c1-5(10-7)6-8-3-2-4-9-6/h3H,2,4,7H2,1H3. The van der Waals surface area contributed by atoms with Crippen LogP contribution < -0.4 is 5.84 Å². The van der Waals surface area contributed by atoms with Crippen LogP contribution in [0.1, 0.15) is 13.3 Å². The summed E-state index contributed by atoms with van der Waals surface area (Å²) in [5.74, 6) is 5.70. The second-order valence-electron chi connectivity index (χ2n) is 2.02. The van der Waals surface area contributed by atoms with E-state index >= 15 is 0 Å². The van der Waals surface area contributed by atoms with E-state index < -0.39 is 0 Å². The molecule has 0 unspecified atom stereocenters. The highest BCUT2D eigenvalue weighted by Crippen LogP contribution is 1.93. The second-order valence-corrected chi connectivity index (χ2v) is 2.02. The molecule has 0 bridgehead atoms. The molecule has 1 aliphatic heterocycles. The molecule has 54 valence electrons. The fraction of sp³-hybridized carbons (Fsp3) is 0.500. The third-order valence-corrected chi connectivity index (χ3v) is 1.25. The van der Waals surface area contributed by atoms with Gasteiger partial charge in [-0.1, -0.05) is 0 Å². The fourth-order valence-corrected chi connectivity index (χ4v) is 0.686. The average Bonchev–Trinajstić information content (AvgIpc) is 2.05. The summed E-state index contributed by atoms with van der Waals surface area (Å²) < 4.78 is 0. The molecule has 0 aromatic carbocycles. The minimum atomic E-state index is 0.661. The lowest BCUT2D eigenvalue weighted by molar-refractivity contribution is 1.03. The van der Waals surface area contributed by atoms with Crippen LogP contribution in [-0.4, -0.2) is 24.3 Å². The minimum Gasteiger partial charge on any atom is -0.323 e. The van der Waals surface area contributed by atoms with Crippen molar-refractivity contribution in [2.75, 3.05) is 6.54 Å². The molecule has 0 aromatic heterocycles. The lowest BCUT2D eigenvalue weighted by atomic mass is 10.3. The predicted molar refractivity (Wildman–Crippen MR) is 42.7 cm³/mol. The van der Waals surface area contributed by atoms with Crippen molar-refractivity contribution in [1.29, 1.82) is 0 Å². The molecule has 4 heteroatoms. The van der Waals surface area contributed by atoms with Crippen molar-refractivity contribution in [1.82, 2.24) is 0 Å². The zero-order valence-corrected chi connectivity index (χ0v) is 5.91. The van der Waals surface area contributed by atoms with Crippen LogP contribution >= 0.6 is 0 Å². The van der Waals surface area contributed by atoms with Crippen molar-refractivity contribution in [3.05, 3.63) is 0 Å².